The standard InChI is InChI=1S/C16H27N3O4S/c1-18(2)11-7-10-17-16(20)13-19(24(4,21)22)12-14-8-5-6-9-15(14)23-3/h5-6,8-9H,7,10-13H2,1-4H3,(H,17,20). The molecule has 0 saturated heterocycles. The summed E-state index contributed by atoms with van der Waals surface area (Å²) in [6, 6.07) is 7.16. The smallest absolute Gasteiger partial charge is 0.235 e. The van der Waals surface area contributed by atoms with Crippen LogP contribution in [-0.2, 0) is 21.4 Å². The summed E-state index contributed by atoms with van der Waals surface area (Å²) in [7, 11) is 1.93. The summed E-state index contributed by atoms with van der Waals surface area (Å²) in [4.78, 5) is 14.1. The van der Waals surface area contributed by atoms with Gasteiger partial charge in [-0.1, -0.05) is 18.2 Å². The normalized spacial score (nSPS) is 11.8. The molecular formula is C16H27N3O4S. The first kappa shape index (κ1) is 20.4. The zero-order chi connectivity index (χ0) is 18.2. The molecule has 0 unspecified atom stereocenters. The number of nitrogens with zero attached hydrogens (tertiary/aromatic N) is 2. The third kappa shape index (κ3) is 7.29. The van der Waals surface area contributed by atoms with E-state index in [0.717, 1.165) is 23.5 Å². The summed E-state index contributed by atoms with van der Waals surface area (Å²) >= 11 is 0. The first-order valence-electron chi connectivity index (χ1n) is 7.72. The maximum atomic E-state index is 12.0. The average Bonchev–Trinajstić information content (AvgIpc) is 2.50. The molecule has 0 aliphatic rings. The predicted octanol–water partition coefficient (Wildman–Crippen LogP) is 0.525. The molecule has 24 heavy (non-hydrogen) atoms. The molecule has 0 bridgehead atoms. The molecule has 0 saturated carbocycles. The van der Waals surface area contributed by atoms with Crippen LogP contribution in [0.3, 0.4) is 0 Å². The number of hydrogen-bond donors (Lipinski definition) is 1. The summed E-state index contributed by atoms with van der Waals surface area (Å²) in [5, 5.41) is 2.75. The van der Waals surface area contributed by atoms with E-state index in [9.17, 15) is 13.2 Å². The molecule has 8 heteroatoms. The Hall–Kier alpha value is -1.64. The highest BCUT2D eigenvalue weighted by atomic mass is 32.2. The van der Waals surface area contributed by atoms with E-state index in [1.54, 1.807) is 18.2 Å². The van der Waals surface area contributed by atoms with Gasteiger partial charge in [0.2, 0.25) is 15.9 Å². The van der Waals surface area contributed by atoms with Crippen molar-refractivity contribution in [1.82, 2.24) is 14.5 Å². The van der Waals surface area contributed by atoms with Crippen LogP contribution in [0.5, 0.6) is 5.75 Å². The van der Waals surface area contributed by atoms with Crippen LogP contribution in [0.15, 0.2) is 24.3 Å². The summed E-state index contributed by atoms with van der Waals surface area (Å²) < 4.78 is 30.4. The molecule has 1 aromatic rings. The Balaban J connectivity index is 2.68. The van der Waals surface area contributed by atoms with Crippen LogP contribution in [-0.4, -0.2) is 70.6 Å². The quantitative estimate of drug-likeness (QED) is 0.618. The molecule has 0 aliphatic heterocycles. The van der Waals surface area contributed by atoms with E-state index in [1.807, 2.05) is 25.1 Å². The lowest BCUT2D eigenvalue weighted by atomic mass is 10.2. The fourth-order valence-electron chi connectivity index (χ4n) is 2.15. The molecule has 1 amide bonds. The molecule has 0 aliphatic carbocycles. The van der Waals surface area contributed by atoms with Crippen molar-refractivity contribution in [2.45, 2.75) is 13.0 Å². The molecular weight excluding hydrogens is 330 g/mol. The van der Waals surface area contributed by atoms with E-state index in [4.69, 9.17) is 4.74 Å². The largest absolute Gasteiger partial charge is 0.496 e. The monoisotopic (exact) mass is 357 g/mol. The number of benzene rings is 1. The Labute approximate surface area is 144 Å². The number of carbonyl (C=O) groups excluding carboxylic acids is 1. The van der Waals surface area contributed by atoms with Crippen LogP contribution in [0.4, 0.5) is 0 Å². The lowest BCUT2D eigenvalue weighted by molar-refractivity contribution is -0.121. The first-order valence-corrected chi connectivity index (χ1v) is 9.57. The minimum atomic E-state index is -3.52. The molecule has 0 aromatic heterocycles. The zero-order valence-electron chi connectivity index (χ0n) is 14.8. The average molecular weight is 357 g/mol. The molecule has 0 spiro atoms. The van der Waals surface area contributed by atoms with Gasteiger partial charge in [0.05, 0.1) is 19.9 Å². The van der Waals surface area contributed by atoms with Crippen molar-refractivity contribution in [2.24, 2.45) is 0 Å². The maximum absolute atomic E-state index is 12.0. The van der Waals surface area contributed by atoms with Crippen molar-refractivity contribution in [3.63, 3.8) is 0 Å². The van der Waals surface area contributed by atoms with Crippen molar-refractivity contribution >= 4 is 15.9 Å². The van der Waals surface area contributed by atoms with Crippen LogP contribution in [0, 0.1) is 0 Å². The van der Waals surface area contributed by atoms with E-state index in [-0.39, 0.29) is 19.0 Å². The lowest BCUT2D eigenvalue weighted by Crippen LogP contribution is -2.40. The van der Waals surface area contributed by atoms with Crippen molar-refractivity contribution in [2.75, 3.05) is 47.1 Å². The number of carbonyl (C=O) groups is 1. The number of amides is 1. The third-order valence-electron chi connectivity index (χ3n) is 3.43. The first-order chi connectivity index (χ1) is 11.2. The second kappa shape index (κ2) is 9.61. The summed E-state index contributed by atoms with van der Waals surface area (Å²) in [5.74, 6) is 0.284. The number of methoxy groups -OCH3 is 1. The topological polar surface area (TPSA) is 79.0 Å². The van der Waals surface area contributed by atoms with Crippen LogP contribution in [0.25, 0.3) is 0 Å². The van der Waals surface area contributed by atoms with Crippen LogP contribution in [0.2, 0.25) is 0 Å². The van der Waals surface area contributed by atoms with Crippen LogP contribution in [0.1, 0.15) is 12.0 Å². The molecule has 0 atom stereocenters. The SMILES string of the molecule is COc1ccccc1CN(CC(=O)NCCCN(C)C)S(C)(=O)=O. The predicted molar refractivity (Wildman–Crippen MR) is 94.4 cm³/mol. The fourth-order valence-corrected chi connectivity index (χ4v) is 2.88. The van der Waals surface area contributed by atoms with Crippen molar-refractivity contribution in [3.05, 3.63) is 29.8 Å². The number of para-hydroxylation sites is 1. The Morgan fingerprint density at radius 3 is 2.50 bits per heavy atom. The minimum Gasteiger partial charge on any atom is -0.496 e. The zero-order valence-corrected chi connectivity index (χ0v) is 15.6. The highest BCUT2D eigenvalue weighted by Crippen LogP contribution is 2.20. The summed E-state index contributed by atoms with van der Waals surface area (Å²) in [6.07, 6.45) is 1.91. The summed E-state index contributed by atoms with van der Waals surface area (Å²) in [5.41, 5.74) is 0.714. The van der Waals surface area contributed by atoms with Crippen LogP contribution < -0.4 is 10.1 Å². The van der Waals surface area contributed by atoms with E-state index in [2.05, 4.69) is 5.32 Å². The molecule has 0 fully saturated rings. The fraction of sp³-hybridized carbons (Fsp3) is 0.562. The molecule has 1 aromatic carbocycles. The lowest BCUT2D eigenvalue weighted by Gasteiger charge is -2.21. The van der Waals surface area contributed by atoms with Gasteiger partial charge in [-0.25, -0.2) is 8.42 Å². The van der Waals surface area contributed by atoms with Gasteiger partial charge >= 0.3 is 0 Å². The molecule has 136 valence electrons. The van der Waals surface area contributed by atoms with E-state index in [1.165, 1.54) is 7.11 Å². The van der Waals surface area contributed by atoms with Gasteiger partial charge in [0.1, 0.15) is 5.75 Å². The Kier molecular flexibility index (Phi) is 8.17. The Morgan fingerprint density at radius 2 is 1.92 bits per heavy atom. The van der Waals surface area contributed by atoms with E-state index in [0.29, 0.717) is 17.9 Å². The number of hydrogen-bond acceptors (Lipinski definition) is 5. The van der Waals surface area contributed by atoms with E-state index < -0.39 is 10.0 Å². The second-order valence-corrected chi connectivity index (χ2v) is 7.83. The third-order valence-corrected chi connectivity index (χ3v) is 4.63. The van der Waals surface area contributed by atoms with Gasteiger partial charge in [-0.3, -0.25) is 4.79 Å². The van der Waals surface area contributed by atoms with Gasteiger partial charge in [0.15, 0.2) is 0 Å². The number of ether oxygens (including phenoxy) is 1. The number of rotatable bonds is 10. The highest BCUT2D eigenvalue weighted by molar-refractivity contribution is 7.88. The van der Waals surface area contributed by atoms with Gasteiger partial charge in [0, 0.05) is 18.7 Å². The van der Waals surface area contributed by atoms with Gasteiger partial charge in [-0.15, -0.1) is 0 Å². The van der Waals surface area contributed by atoms with Gasteiger partial charge in [0.25, 0.3) is 0 Å². The molecule has 0 heterocycles. The van der Waals surface area contributed by atoms with Gasteiger partial charge < -0.3 is 15.0 Å². The second-order valence-electron chi connectivity index (χ2n) is 5.85. The van der Waals surface area contributed by atoms with Crippen molar-refractivity contribution in [1.29, 1.82) is 0 Å². The Bertz CT molecular complexity index is 632. The molecule has 0 radical (unpaired) electrons. The Morgan fingerprint density at radius 1 is 1.25 bits per heavy atom. The number of nitrogens with one attached hydrogen (secondary N) is 1. The van der Waals surface area contributed by atoms with Gasteiger partial charge in [-0.2, -0.15) is 4.31 Å². The van der Waals surface area contributed by atoms with Gasteiger partial charge in [-0.05, 0) is 33.1 Å². The minimum absolute atomic E-state index is 0.0912. The highest BCUT2D eigenvalue weighted by Gasteiger charge is 2.21. The van der Waals surface area contributed by atoms with Crippen molar-refractivity contribution in [3.8, 4) is 5.75 Å². The van der Waals surface area contributed by atoms with Crippen LogP contribution >= 0.6 is 0 Å². The van der Waals surface area contributed by atoms with Crippen molar-refractivity contribution < 1.29 is 17.9 Å². The number of sulfonamides is 1. The maximum Gasteiger partial charge on any atom is 0.235 e. The summed E-state index contributed by atoms with van der Waals surface area (Å²) in [6.45, 7) is 1.26. The molecule has 1 N–H and O–H groups in total. The molecule has 1 rings (SSSR count). The van der Waals surface area contributed by atoms with E-state index >= 15 is 0 Å². The molecule has 7 nitrogen and oxygen atoms in total.